The highest BCUT2D eigenvalue weighted by Crippen LogP contribution is 2.41. The first-order valence-electron chi connectivity index (χ1n) is 10.4. The monoisotopic (exact) mass is 408 g/mol. The Bertz CT molecular complexity index is 1020. The van der Waals surface area contributed by atoms with Gasteiger partial charge in [0.25, 0.3) is 5.91 Å². The normalized spacial score (nSPS) is 18.9. The maximum absolute atomic E-state index is 10.4. The first-order chi connectivity index (χ1) is 14.4. The van der Waals surface area contributed by atoms with Crippen molar-refractivity contribution >= 4 is 22.9 Å². The minimum Gasteiger partial charge on any atom is -0.436 e. The van der Waals surface area contributed by atoms with E-state index in [1.807, 2.05) is 25.4 Å². The molecule has 6 heteroatoms. The number of aromatic amines is 1. The van der Waals surface area contributed by atoms with Gasteiger partial charge in [0.2, 0.25) is 0 Å². The van der Waals surface area contributed by atoms with Gasteiger partial charge in [0.05, 0.1) is 5.60 Å². The van der Waals surface area contributed by atoms with Gasteiger partial charge in [-0.25, -0.2) is 4.79 Å². The van der Waals surface area contributed by atoms with E-state index in [1.54, 1.807) is 0 Å². The van der Waals surface area contributed by atoms with Gasteiger partial charge >= 0.3 is 6.09 Å². The van der Waals surface area contributed by atoms with E-state index >= 15 is 0 Å². The van der Waals surface area contributed by atoms with Crippen LogP contribution >= 0.6 is 0 Å². The number of ether oxygens (including phenoxy) is 1. The second-order valence-electron chi connectivity index (χ2n) is 7.28. The third-order valence-corrected chi connectivity index (χ3v) is 5.37. The number of H-pyrrole nitrogens is 1. The zero-order chi connectivity index (χ0) is 21.7. The predicted octanol–water partition coefficient (Wildman–Crippen LogP) is 4.87. The molecule has 0 radical (unpaired) electrons. The zero-order valence-electron chi connectivity index (χ0n) is 17.6. The molecule has 30 heavy (non-hydrogen) atoms. The summed E-state index contributed by atoms with van der Waals surface area (Å²) in [5.74, 6) is -0.366. The van der Waals surface area contributed by atoms with Crippen LogP contribution in [-0.4, -0.2) is 28.2 Å². The maximum Gasteiger partial charge on any atom is 0.414 e. The highest BCUT2D eigenvalue weighted by molar-refractivity contribution is 5.99. The fourth-order valence-electron chi connectivity index (χ4n) is 3.45. The van der Waals surface area contributed by atoms with E-state index in [0.717, 1.165) is 30.3 Å². The average Bonchev–Trinajstić information content (AvgIpc) is 3.33. The average molecular weight is 408 g/mol. The molecule has 158 valence electrons. The van der Waals surface area contributed by atoms with Crippen LogP contribution in [0.25, 0.3) is 22.0 Å². The van der Waals surface area contributed by atoms with E-state index in [1.165, 1.54) is 23.4 Å². The lowest BCUT2D eigenvalue weighted by molar-refractivity contribution is -0.122. The third-order valence-electron chi connectivity index (χ3n) is 5.37. The SMILES string of the molecule is CC.CC1OC(=O)NC1=O.OC1(c2ccc(-c3ccc4[nH]ccc4c3)cc2)CCC1. The van der Waals surface area contributed by atoms with Crippen molar-refractivity contribution in [1.82, 2.24) is 10.3 Å². The molecule has 1 aliphatic carbocycles. The number of benzene rings is 2. The van der Waals surface area contributed by atoms with Crippen LogP contribution in [0.2, 0.25) is 0 Å². The first kappa shape index (κ1) is 21.6. The van der Waals surface area contributed by atoms with Crippen molar-refractivity contribution < 1.29 is 19.4 Å². The molecule has 3 aromatic rings. The van der Waals surface area contributed by atoms with Crippen molar-refractivity contribution in [2.24, 2.45) is 0 Å². The Balaban J connectivity index is 0.000000216. The quantitative estimate of drug-likeness (QED) is 0.564. The summed E-state index contributed by atoms with van der Waals surface area (Å²) in [5.41, 5.74) is 4.05. The second kappa shape index (κ2) is 9.13. The van der Waals surface area contributed by atoms with Crippen LogP contribution in [0, 0.1) is 0 Å². The second-order valence-corrected chi connectivity index (χ2v) is 7.28. The summed E-state index contributed by atoms with van der Waals surface area (Å²) in [5, 5.41) is 13.5. The summed E-state index contributed by atoms with van der Waals surface area (Å²) in [6, 6.07) is 16.9. The number of aliphatic hydroxyl groups is 1. The fraction of sp³-hybridized carbons (Fsp3) is 0.333. The van der Waals surface area contributed by atoms with Gasteiger partial charge in [-0.05, 0) is 66.5 Å². The molecule has 3 N–H and O–H groups in total. The highest BCUT2D eigenvalue weighted by atomic mass is 16.6. The van der Waals surface area contributed by atoms with Crippen LogP contribution in [-0.2, 0) is 15.1 Å². The Hall–Kier alpha value is -3.12. The molecule has 2 amide bonds. The molecule has 6 nitrogen and oxygen atoms in total. The molecule has 2 fully saturated rings. The molecule has 1 saturated heterocycles. The Morgan fingerprint density at radius 3 is 2.17 bits per heavy atom. The summed E-state index contributed by atoms with van der Waals surface area (Å²) in [4.78, 5) is 23.6. The van der Waals surface area contributed by atoms with E-state index in [4.69, 9.17) is 0 Å². The topological polar surface area (TPSA) is 91.4 Å². The van der Waals surface area contributed by atoms with Crippen molar-refractivity contribution in [3.8, 4) is 11.1 Å². The minimum absolute atomic E-state index is 0.366. The maximum atomic E-state index is 10.4. The number of imide groups is 1. The number of cyclic esters (lactones) is 1. The number of hydrogen-bond donors (Lipinski definition) is 3. The number of amides is 2. The molecule has 1 saturated carbocycles. The Morgan fingerprint density at radius 1 is 1.00 bits per heavy atom. The van der Waals surface area contributed by atoms with E-state index in [-0.39, 0.29) is 5.91 Å². The van der Waals surface area contributed by atoms with Gasteiger partial charge in [-0.3, -0.25) is 10.1 Å². The summed E-state index contributed by atoms with van der Waals surface area (Å²) in [7, 11) is 0. The molecule has 1 unspecified atom stereocenters. The zero-order valence-corrected chi connectivity index (χ0v) is 17.6. The fourth-order valence-corrected chi connectivity index (χ4v) is 3.45. The van der Waals surface area contributed by atoms with E-state index in [2.05, 4.69) is 58.3 Å². The number of carbonyl (C=O) groups excluding carboxylic acids is 2. The van der Waals surface area contributed by atoms with Crippen molar-refractivity contribution in [3.63, 3.8) is 0 Å². The van der Waals surface area contributed by atoms with Crippen LogP contribution in [0.3, 0.4) is 0 Å². The van der Waals surface area contributed by atoms with Crippen molar-refractivity contribution in [2.45, 2.75) is 51.7 Å². The van der Waals surface area contributed by atoms with Crippen molar-refractivity contribution in [1.29, 1.82) is 0 Å². The molecule has 0 spiro atoms. The van der Waals surface area contributed by atoms with Crippen LogP contribution < -0.4 is 5.32 Å². The predicted molar refractivity (Wildman–Crippen MR) is 117 cm³/mol. The van der Waals surface area contributed by atoms with E-state index in [9.17, 15) is 14.7 Å². The van der Waals surface area contributed by atoms with Crippen LogP contribution in [0.4, 0.5) is 4.79 Å². The summed E-state index contributed by atoms with van der Waals surface area (Å²) >= 11 is 0. The number of hydrogen-bond acceptors (Lipinski definition) is 4. The van der Waals surface area contributed by atoms with Gasteiger partial charge in [-0.2, -0.15) is 0 Å². The number of rotatable bonds is 2. The molecule has 5 rings (SSSR count). The number of carbonyl (C=O) groups is 2. The Kier molecular flexibility index (Phi) is 6.57. The lowest BCUT2D eigenvalue weighted by Gasteiger charge is -2.37. The Labute approximate surface area is 176 Å². The number of aromatic nitrogens is 1. The number of fused-ring (bicyclic) bond motifs is 1. The van der Waals surface area contributed by atoms with Crippen LogP contribution in [0.5, 0.6) is 0 Å². The van der Waals surface area contributed by atoms with Crippen LogP contribution in [0.15, 0.2) is 54.7 Å². The molecule has 1 aromatic heterocycles. The van der Waals surface area contributed by atoms with Crippen molar-refractivity contribution in [3.05, 3.63) is 60.3 Å². The van der Waals surface area contributed by atoms with Gasteiger partial charge < -0.3 is 14.8 Å². The molecule has 1 aliphatic heterocycles. The molecule has 2 aliphatic rings. The Morgan fingerprint density at radius 2 is 1.67 bits per heavy atom. The van der Waals surface area contributed by atoms with E-state index in [0.29, 0.717) is 0 Å². The molecular weight excluding hydrogens is 380 g/mol. The van der Waals surface area contributed by atoms with Crippen molar-refractivity contribution in [2.75, 3.05) is 0 Å². The van der Waals surface area contributed by atoms with Crippen LogP contribution in [0.1, 0.15) is 45.6 Å². The standard InChI is InChI=1S/C18H17NO.C4H5NO3.C2H6/c20-18(9-1-10-18)16-5-2-13(3-6-16)14-4-7-17-15(12-14)8-11-19-17;1-2-3(6)5-4(7)8-2;1-2/h2-8,11-12,19-20H,1,9-10H2;2H,1H3,(H,5,6,7);1-2H3. The lowest BCUT2D eigenvalue weighted by Crippen LogP contribution is -2.33. The largest absolute Gasteiger partial charge is 0.436 e. The van der Waals surface area contributed by atoms with Gasteiger partial charge in [-0.1, -0.05) is 44.2 Å². The van der Waals surface area contributed by atoms with E-state index < -0.39 is 17.8 Å². The smallest absolute Gasteiger partial charge is 0.414 e. The lowest BCUT2D eigenvalue weighted by atomic mass is 9.75. The molecular formula is C24H28N2O4. The molecule has 1 atom stereocenters. The molecule has 2 aromatic carbocycles. The summed E-state index contributed by atoms with van der Waals surface area (Å²) < 4.78 is 4.37. The summed E-state index contributed by atoms with van der Waals surface area (Å²) in [6.07, 6.45) is 3.61. The molecule has 0 bridgehead atoms. The van der Waals surface area contributed by atoms with Gasteiger partial charge in [0.15, 0.2) is 6.10 Å². The van der Waals surface area contributed by atoms with Gasteiger partial charge in [0.1, 0.15) is 0 Å². The summed E-state index contributed by atoms with van der Waals surface area (Å²) in [6.45, 7) is 5.51. The first-order valence-corrected chi connectivity index (χ1v) is 10.4. The third kappa shape index (κ3) is 4.54. The van der Waals surface area contributed by atoms with Gasteiger partial charge in [0, 0.05) is 11.7 Å². The van der Waals surface area contributed by atoms with Gasteiger partial charge in [-0.15, -0.1) is 0 Å². The highest BCUT2D eigenvalue weighted by Gasteiger charge is 2.35. The number of alkyl carbamates (subject to hydrolysis) is 1. The minimum atomic E-state index is -0.650. The number of nitrogens with one attached hydrogen (secondary N) is 2. The molecule has 2 heterocycles.